The highest BCUT2D eigenvalue weighted by Crippen LogP contribution is 2.26. The van der Waals surface area contributed by atoms with E-state index in [4.69, 9.17) is 23.2 Å². The number of aliphatic hydroxyl groups is 1. The van der Waals surface area contributed by atoms with Crippen LogP contribution >= 0.6 is 23.2 Å². The second-order valence-electron chi connectivity index (χ2n) is 4.90. The maximum Gasteiger partial charge on any atom is 0.0823 e. The molecule has 0 aliphatic rings. The summed E-state index contributed by atoms with van der Waals surface area (Å²) >= 11 is 12.1. The van der Waals surface area contributed by atoms with Gasteiger partial charge >= 0.3 is 0 Å². The molecule has 0 saturated carbocycles. The Bertz CT molecular complexity index is 623. The number of aromatic nitrogens is 2. The average Bonchev–Trinajstić information content (AvgIpc) is 2.67. The predicted octanol–water partition coefficient (Wildman–Crippen LogP) is 4.30. The monoisotopic (exact) mass is 312 g/mol. The molecule has 0 aliphatic heterocycles. The molecule has 1 atom stereocenters. The van der Waals surface area contributed by atoms with Crippen LogP contribution in [0.25, 0.3) is 0 Å². The molecule has 0 spiro atoms. The van der Waals surface area contributed by atoms with Gasteiger partial charge in [0.2, 0.25) is 0 Å². The Labute approximate surface area is 129 Å². The SMILES string of the molecule is CCC(O)c1c(C)nn(Cc2ccc(Cl)cc2Cl)c1C. The summed E-state index contributed by atoms with van der Waals surface area (Å²) in [5.41, 5.74) is 3.71. The zero-order chi connectivity index (χ0) is 14.9. The van der Waals surface area contributed by atoms with Crippen LogP contribution in [0.5, 0.6) is 0 Å². The van der Waals surface area contributed by atoms with Crippen molar-refractivity contribution >= 4 is 23.2 Å². The number of hydrogen-bond acceptors (Lipinski definition) is 2. The number of nitrogens with zero attached hydrogens (tertiary/aromatic N) is 2. The molecular formula is C15H18Cl2N2O. The topological polar surface area (TPSA) is 38.1 Å². The van der Waals surface area contributed by atoms with Crippen molar-refractivity contribution in [3.05, 3.63) is 50.8 Å². The number of rotatable bonds is 4. The molecule has 20 heavy (non-hydrogen) atoms. The first-order valence-electron chi connectivity index (χ1n) is 6.60. The molecule has 1 aromatic heterocycles. The van der Waals surface area contributed by atoms with Crippen LogP contribution in [0.4, 0.5) is 0 Å². The van der Waals surface area contributed by atoms with Gasteiger partial charge in [-0.15, -0.1) is 0 Å². The van der Waals surface area contributed by atoms with Gasteiger partial charge in [-0.25, -0.2) is 0 Å². The van der Waals surface area contributed by atoms with E-state index in [0.717, 1.165) is 22.5 Å². The molecule has 0 amide bonds. The zero-order valence-corrected chi connectivity index (χ0v) is 13.3. The third kappa shape index (κ3) is 3.00. The Hall–Kier alpha value is -1.03. The summed E-state index contributed by atoms with van der Waals surface area (Å²) < 4.78 is 1.87. The van der Waals surface area contributed by atoms with E-state index in [0.29, 0.717) is 23.0 Å². The molecule has 2 aromatic rings. The predicted molar refractivity (Wildman–Crippen MR) is 82.5 cm³/mol. The summed E-state index contributed by atoms with van der Waals surface area (Å²) in [6.45, 7) is 6.41. The van der Waals surface area contributed by atoms with Crippen LogP contribution in [-0.2, 0) is 6.54 Å². The number of aliphatic hydroxyl groups excluding tert-OH is 1. The van der Waals surface area contributed by atoms with Gasteiger partial charge in [0.15, 0.2) is 0 Å². The van der Waals surface area contributed by atoms with E-state index in [-0.39, 0.29) is 0 Å². The van der Waals surface area contributed by atoms with Crippen molar-refractivity contribution in [1.82, 2.24) is 9.78 Å². The molecule has 1 N–H and O–H groups in total. The summed E-state index contributed by atoms with van der Waals surface area (Å²) in [7, 11) is 0. The Morgan fingerprint density at radius 2 is 2.00 bits per heavy atom. The highest BCUT2D eigenvalue weighted by atomic mass is 35.5. The van der Waals surface area contributed by atoms with Gasteiger partial charge in [-0.3, -0.25) is 4.68 Å². The van der Waals surface area contributed by atoms with Crippen LogP contribution in [0, 0.1) is 13.8 Å². The molecule has 0 bridgehead atoms. The van der Waals surface area contributed by atoms with Crippen molar-refractivity contribution in [2.45, 2.75) is 39.8 Å². The summed E-state index contributed by atoms with van der Waals surface area (Å²) in [5, 5.41) is 15.8. The normalized spacial score (nSPS) is 12.7. The summed E-state index contributed by atoms with van der Waals surface area (Å²) in [4.78, 5) is 0. The largest absolute Gasteiger partial charge is 0.388 e. The first-order chi connectivity index (χ1) is 9.43. The molecule has 108 valence electrons. The fourth-order valence-corrected chi connectivity index (χ4v) is 2.83. The van der Waals surface area contributed by atoms with E-state index in [1.54, 1.807) is 6.07 Å². The highest BCUT2D eigenvalue weighted by Gasteiger charge is 2.18. The number of hydrogen-bond donors (Lipinski definition) is 1. The van der Waals surface area contributed by atoms with Crippen molar-refractivity contribution in [2.75, 3.05) is 0 Å². The fraction of sp³-hybridized carbons (Fsp3) is 0.400. The average molecular weight is 313 g/mol. The minimum Gasteiger partial charge on any atom is -0.388 e. The first kappa shape index (κ1) is 15.4. The number of benzene rings is 1. The Balaban J connectivity index is 2.35. The lowest BCUT2D eigenvalue weighted by atomic mass is 10.1. The maximum absolute atomic E-state index is 10.1. The second kappa shape index (κ2) is 6.17. The standard InChI is InChI=1S/C15H18Cl2N2O/c1-4-14(20)15-9(2)18-19(10(15)3)8-11-5-6-12(16)7-13(11)17/h5-7,14,20H,4,8H2,1-3H3. The third-order valence-corrected chi connectivity index (χ3v) is 4.08. The van der Waals surface area contributed by atoms with Crippen LogP contribution < -0.4 is 0 Å². The molecule has 1 heterocycles. The molecule has 0 radical (unpaired) electrons. The Morgan fingerprint density at radius 1 is 1.30 bits per heavy atom. The molecule has 5 heteroatoms. The van der Waals surface area contributed by atoms with Crippen LogP contribution in [0.3, 0.4) is 0 Å². The first-order valence-corrected chi connectivity index (χ1v) is 7.35. The molecule has 0 saturated heterocycles. The minimum absolute atomic E-state index is 0.468. The second-order valence-corrected chi connectivity index (χ2v) is 5.75. The van der Waals surface area contributed by atoms with E-state index in [2.05, 4.69) is 5.10 Å². The minimum atomic E-state index is -0.468. The van der Waals surface area contributed by atoms with E-state index in [9.17, 15) is 5.11 Å². The van der Waals surface area contributed by atoms with Crippen molar-refractivity contribution in [3.8, 4) is 0 Å². The summed E-state index contributed by atoms with van der Waals surface area (Å²) in [5.74, 6) is 0. The summed E-state index contributed by atoms with van der Waals surface area (Å²) in [6, 6.07) is 5.44. The number of halogens is 2. The van der Waals surface area contributed by atoms with Gasteiger partial charge in [0.05, 0.1) is 18.3 Å². The van der Waals surface area contributed by atoms with E-state index >= 15 is 0 Å². The van der Waals surface area contributed by atoms with Gasteiger partial charge in [-0.1, -0.05) is 36.2 Å². The third-order valence-electron chi connectivity index (χ3n) is 3.49. The molecule has 1 unspecified atom stereocenters. The lowest BCUT2D eigenvalue weighted by Crippen LogP contribution is -2.06. The van der Waals surface area contributed by atoms with Gasteiger partial charge in [0.25, 0.3) is 0 Å². The fourth-order valence-electron chi connectivity index (χ4n) is 2.36. The zero-order valence-electron chi connectivity index (χ0n) is 11.8. The van der Waals surface area contributed by atoms with Crippen molar-refractivity contribution in [1.29, 1.82) is 0 Å². The summed E-state index contributed by atoms with van der Waals surface area (Å²) in [6.07, 6.45) is 0.208. The smallest absolute Gasteiger partial charge is 0.0823 e. The van der Waals surface area contributed by atoms with Crippen LogP contribution in [0.1, 0.15) is 42.0 Å². The van der Waals surface area contributed by atoms with Crippen LogP contribution in [-0.4, -0.2) is 14.9 Å². The highest BCUT2D eigenvalue weighted by molar-refractivity contribution is 6.35. The lowest BCUT2D eigenvalue weighted by Gasteiger charge is -2.10. The molecule has 3 nitrogen and oxygen atoms in total. The molecule has 2 rings (SSSR count). The van der Waals surface area contributed by atoms with Crippen molar-refractivity contribution in [3.63, 3.8) is 0 Å². The molecule has 1 aromatic carbocycles. The van der Waals surface area contributed by atoms with Gasteiger partial charge in [0, 0.05) is 21.3 Å². The van der Waals surface area contributed by atoms with E-state index < -0.39 is 6.10 Å². The van der Waals surface area contributed by atoms with E-state index in [1.165, 1.54) is 0 Å². The van der Waals surface area contributed by atoms with Crippen LogP contribution in [0.2, 0.25) is 10.0 Å². The lowest BCUT2D eigenvalue weighted by molar-refractivity contribution is 0.172. The van der Waals surface area contributed by atoms with Gasteiger partial charge in [-0.05, 0) is 38.0 Å². The molecular weight excluding hydrogens is 295 g/mol. The van der Waals surface area contributed by atoms with E-state index in [1.807, 2.05) is 37.6 Å². The maximum atomic E-state index is 10.1. The van der Waals surface area contributed by atoms with Gasteiger partial charge in [-0.2, -0.15) is 5.10 Å². The Kier molecular flexibility index (Phi) is 4.74. The van der Waals surface area contributed by atoms with Crippen molar-refractivity contribution in [2.24, 2.45) is 0 Å². The van der Waals surface area contributed by atoms with Gasteiger partial charge in [0.1, 0.15) is 0 Å². The quantitative estimate of drug-likeness (QED) is 0.914. The van der Waals surface area contributed by atoms with Crippen LogP contribution in [0.15, 0.2) is 18.2 Å². The number of aryl methyl sites for hydroxylation is 1. The Morgan fingerprint density at radius 3 is 2.60 bits per heavy atom. The van der Waals surface area contributed by atoms with Gasteiger partial charge < -0.3 is 5.11 Å². The molecule has 0 aliphatic carbocycles. The van der Waals surface area contributed by atoms with Crippen molar-refractivity contribution < 1.29 is 5.11 Å². The molecule has 0 fully saturated rings.